The molecule has 0 atom stereocenters. The number of hydrogen-bond donors (Lipinski definition) is 0. The van der Waals surface area contributed by atoms with Gasteiger partial charge in [-0.2, -0.15) is 0 Å². The maximum atomic E-state index is 6.66. The van der Waals surface area contributed by atoms with Gasteiger partial charge in [-0.05, 0) is 124 Å². The van der Waals surface area contributed by atoms with Gasteiger partial charge in [-0.15, -0.1) is 0 Å². The molecule has 0 spiro atoms. The zero-order valence-electron chi connectivity index (χ0n) is 35.4. The third kappa shape index (κ3) is 7.27. The molecular formula is C54H52N4O. The van der Waals surface area contributed by atoms with Crippen molar-refractivity contribution in [1.82, 2.24) is 9.55 Å². The average molecular weight is 773 g/mol. The zero-order chi connectivity index (χ0) is 41.1. The van der Waals surface area contributed by atoms with Crippen molar-refractivity contribution in [2.24, 2.45) is 0 Å². The second-order valence-electron chi connectivity index (χ2n) is 18.0. The van der Waals surface area contributed by atoms with E-state index in [0.29, 0.717) is 6.67 Å². The summed E-state index contributed by atoms with van der Waals surface area (Å²) in [5.41, 5.74) is 14.6. The number of anilines is 2. The first-order valence-electron chi connectivity index (χ1n) is 20.6. The van der Waals surface area contributed by atoms with E-state index >= 15 is 0 Å². The predicted molar refractivity (Wildman–Crippen MR) is 248 cm³/mol. The first-order valence-corrected chi connectivity index (χ1v) is 20.6. The highest BCUT2D eigenvalue weighted by Gasteiger charge is 2.24. The Morgan fingerprint density at radius 2 is 1.22 bits per heavy atom. The summed E-state index contributed by atoms with van der Waals surface area (Å²) in [6.07, 6.45) is 6.23. The van der Waals surface area contributed by atoms with Crippen LogP contribution in [-0.2, 0) is 10.8 Å². The molecule has 59 heavy (non-hydrogen) atoms. The molecule has 2 aromatic heterocycles. The van der Waals surface area contributed by atoms with Gasteiger partial charge in [0.25, 0.3) is 0 Å². The maximum absolute atomic E-state index is 6.66. The van der Waals surface area contributed by atoms with Crippen molar-refractivity contribution in [3.05, 3.63) is 180 Å². The van der Waals surface area contributed by atoms with Crippen LogP contribution in [0.2, 0.25) is 0 Å². The van der Waals surface area contributed by atoms with Crippen LogP contribution in [0.1, 0.15) is 63.8 Å². The molecule has 0 fully saturated rings. The van der Waals surface area contributed by atoms with Crippen LogP contribution in [0.5, 0.6) is 11.5 Å². The highest BCUT2D eigenvalue weighted by Crippen LogP contribution is 2.40. The van der Waals surface area contributed by atoms with Gasteiger partial charge < -0.3 is 14.5 Å². The minimum absolute atomic E-state index is 0.0339. The summed E-state index contributed by atoms with van der Waals surface area (Å²) < 4.78 is 8.93. The number of pyridine rings is 1. The molecule has 1 aliphatic heterocycles. The van der Waals surface area contributed by atoms with E-state index in [-0.39, 0.29) is 10.8 Å². The summed E-state index contributed by atoms with van der Waals surface area (Å²) in [5, 5.41) is 2.33. The van der Waals surface area contributed by atoms with Crippen LogP contribution in [0.3, 0.4) is 0 Å². The number of benzene rings is 6. The Bertz CT molecular complexity index is 2880. The number of hydrogen-bond acceptors (Lipinski definition) is 4. The molecule has 9 rings (SSSR count). The number of nitrogens with zero attached hydrogens (tertiary/aromatic N) is 4. The van der Waals surface area contributed by atoms with Gasteiger partial charge >= 0.3 is 0 Å². The van der Waals surface area contributed by atoms with E-state index in [4.69, 9.17) is 9.72 Å². The molecule has 0 N–H and O–H groups in total. The standard InChI is InChI=1S/C54H52N4O/c1-36-14-11-15-37(2)52(36)39-16-12-17-41(30-39)56-28-29-57(35-56)42-18-13-19-43(33-42)59-44-23-25-47-46-20-9-10-21-49(46)58(50(47)34-44)51-31-38(26-27-55-51)45-24-22-40(53(3,4)5)32-48(45)54(6,7)8/h9-34H,35H2,1-8H3. The summed E-state index contributed by atoms with van der Waals surface area (Å²) in [4.78, 5) is 9.52. The maximum Gasteiger partial charge on any atom is 0.138 e. The number of aromatic nitrogens is 2. The minimum atomic E-state index is -0.0339. The van der Waals surface area contributed by atoms with E-state index in [0.717, 1.165) is 50.7 Å². The monoisotopic (exact) mass is 772 g/mol. The molecule has 3 heterocycles. The van der Waals surface area contributed by atoms with E-state index in [1.54, 1.807) is 0 Å². The van der Waals surface area contributed by atoms with Crippen LogP contribution in [0.15, 0.2) is 158 Å². The molecule has 1 aliphatic rings. The van der Waals surface area contributed by atoms with Gasteiger partial charge in [-0.1, -0.05) is 114 Å². The first kappa shape index (κ1) is 38.0. The number of rotatable bonds is 7. The second kappa shape index (κ2) is 14.7. The molecule has 0 unspecified atom stereocenters. The van der Waals surface area contributed by atoms with Gasteiger partial charge in [0.15, 0.2) is 0 Å². The fourth-order valence-corrected chi connectivity index (χ4v) is 8.58. The molecule has 0 amide bonds. The van der Waals surface area contributed by atoms with Crippen LogP contribution < -0.4 is 14.5 Å². The summed E-state index contributed by atoms with van der Waals surface area (Å²) in [6.45, 7) is 18.8. The fraction of sp³-hybridized carbons (Fsp3) is 0.204. The van der Waals surface area contributed by atoms with E-state index in [9.17, 15) is 0 Å². The molecule has 5 nitrogen and oxygen atoms in total. The van der Waals surface area contributed by atoms with Gasteiger partial charge in [0, 0.05) is 52.9 Å². The molecule has 0 saturated heterocycles. The SMILES string of the molecule is Cc1cccc(C)c1-c1cccc(N2C=CN(c3cccc(Oc4ccc5c6ccccc6n(-c6cc(-c7ccc(C(C)(C)C)cc7C(C)(C)C)ccn6)c5c4)c3)C2)c1. The van der Waals surface area contributed by atoms with Gasteiger partial charge in [0.1, 0.15) is 17.3 Å². The first-order chi connectivity index (χ1) is 28.3. The lowest BCUT2D eigenvalue weighted by Crippen LogP contribution is -2.24. The number of fused-ring (bicyclic) bond motifs is 3. The molecule has 0 aliphatic carbocycles. The lowest BCUT2D eigenvalue weighted by molar-refractivity contribution is 0.483. The van der Waals surface area contributed by atoms with E-state index in [2.05, 4.69) is 216 Å². The van der Waals surface area contributed by atoms with Crippen molar-refractivity contribution in [2.75, 3.05) is 16.5 Å². The van der Waals surface area contributed by atoms with Crippen molar-refractivity contribution >= 4 is 33.2 Å². The average Bonchev–Trinajstić information content (AvgIpc) is 3.84. The number of ether oxygens (including phenoxy) is 1. The van der Waals surface area contributed by atoms with Gasteiger partial charge in [0.05, 0.1) is 17.7 Å². The predicted octanol–water partition coefficient (Wildman–Crippen LogP) is 14.3. The summed E-state index contributed by atoms with van der Waals surface area (Å²) >= 11 is 0. The normalized spacial score (nSPS) is 13.2. The van der Waals surface area contributed by atoms with Gasteiger partial charge in [-0.3, -0.25) is 4.57 Å². The largest absolute Gasteiger partial charge is 0.457 e. The highest BCUT2D eigenvalue weighted by molar-refractivity contribution is 6.09. The van der Waals surface area contributed by atoms with E-state index in [1.807, 2.05) is 12.3 Å². The Morgan fingerprint density at radius 3 is 1.97 bits per heavy atom. The van der Waals surface area contributed by atoms with Crippen molar-refractivity contribution < 1.29 is 4.74 Å². The third-order valence-electron chi connectivity index (χ3n) is 11.7. The topological polar surface area (TPSA) is 33.5 Å². The van der Waals surface area contributed by atoms with Crippen LogP contribution in [0, 0.1) is 13.8 Å². The Balaban J connectivity index is 1.02. The van der Waals surface area contributed by atoms with Crippen LogP contribution >= 0.6 is 0 Å². The molecule has 0 radical (unpaired) electrons. The lowest BCUT2D eigenvalue weighted by atomic mass is 9.77. The Kier molecular flexibility index (Phi) is 9.43. The van der Waals surface area contributed by atoms with Crippen LogP contribution in [-0.4, -0.2) is 16.2 Å². The minimum Gasteiger partial charge on any atom is -0.457 e. The molecule has 8 aromatic rings. The van der Waals surface area contributed by atoms with Crippen molar-refractivity contribution in [3.8, 4) is 39.6 Å². The van der Waals surface area contributed by atoms with Crippen molar-refractivity contribution in [2.45, 2.75) is 66.2 Å². The Hall–Kier alpha value is -6.59. The van der Waals surface area contributed by atoms with E-state index < -0.39 is 0 Å². The summed E-state index contributed by atoms with van der Waals surface area (Å²) in [5.74, 6) is 2.42. The molecule has 294 valence electrons. The number of aryl methyl sites for hydroxylation is 2. The van der Waals surface area contributed by atoms with Gasteiger partial charge in [0.2, 0.25) is 0 Å². The zero-order valence-corrected chi connectivity index (χ0v) is 35.4. The Labute approximate surface area is 348 Å². The van der Waals surface area contributed by atoms with E-state index in [1.165, 1.54) is 44.3 Å². The van der Waals surface area contributed by atoms with Crippen LogP contribution in [0.4, 0.5) is 11.4 Å². The lowest BCUT2D eigenvalue weighted by Gasteiger charge is -2.27. The quantitative estimate of drug-likeness (QED) is 0.162. The molecular weight excluding hydrogens is 721 g/mol. The molecule has 6 aromatic carbocycles. The van der Waals surface area contributed by atoms with Crippen molar-refractivity contribution in [1.29, 1.82) is 0 Å². The third-order valence-corrected chi connectivity index (χ3v) is 11.7. The van der Waals surface area contributed by atoms with Crippen LogP contribution in [0.25, 0.3) is 49.9 Å². The van der Waals surface area contributed by atoms with Crippen molar-refractivity contribution in [3.63, 3.8) is 0 Å². The molecule has 0 bridgehead atoms. The number of para-hydroxylation sites is 1. The second-order valence-corrected chi connectivity index (χ2v) is 18.0. The van der Waals surface area contributed by atoms with Gasteiger partial charge in [-0.25, -0.2) is 4.98 Å². The molecule has 5 heteroatoms. The summed E-state index contributed by atoms with van der Waals surface area (Å²) in [6, 6.07) is 50.0. The fourth-order valence-electron chi connectivity index (χ4n) is 8.58. The Morgan fingerprint density at radius 1 is 0.542 bits per heavy atom. The highest BCUT2D eigenvalue weighted by atomic mass is 16.5. The summed E-state index contributed by atoms with van der Waals surface area (Å²) in [7, 11) is 0. The molecule has 0 saturated carbocycles. The smallest absolute Gasteiger partial charge is 0.138 e.